The van der Waals surface area contributed by atoms with Crippen LogP contribution in [-0.4, -0.2) is 30.6 Å². The number of likely N-dealkylation sites (N-methyl/N-ethyl adjacent to an activating group) is 1. The minimum atomic E-state index is 0.0547. The molecule has 2 heterocycles. The van der Waals surface area contributed by atoms with Gasteiger partial charge in [0.05, 0.1) is 6.04 Å². The molecule has 0 radical (unpaired) electrons. The molecule has 1 aliphatic rings. The zero-order valence-electron chi connectivity index (χ0n) is 12.6. The average molecular weight is 272 g/mol. The molecule has 1 aromatic heterocycles. The van der Waals surface area contributed by atoms with Crippen molar-refractivity contribution in [2.75, 3.05) is 20.1 Å². The van der Waals surface area contributed by atoms with Gasteiger partial charge in [0.1, 0.15) is 11.3 Å². The van der Waals surface area contributed by atoms with Gasteiger partial charge in [-0.3, -0.25) is 4.90 Å². The van der Waals surface area contributed by atoms with E-state index in [0.29, 0.717) is 0 Å². The fraction of sp³-hybridized carbons (Fsp3) is 0.529. The first-order valence-corrected chi connectivity index (χ1v) is 7.54. The topological polar surface area (TPSA) is 28.4 Å². The van der Waals surface area contributed by atoms with Crippen LogP contribution in [0.5, 0.6) is 0 Å². The van der Waals surface area contributed by atoms with Crippen molar-refractivity contribution >= 4 is 11.0 Å². The van der Waals surface area contributed by atoms with E-state index in [9.17, 15) is 0 Å². The molecule has 1 saturated heterocycles. The second-order valence-electron chi connectivity index (χ2n) is 6.26. The molecule has 0 saturated carbocycles. The first-order valence-electron chi connectivity index (χ1n) is 7.54. The second kappa shape index (κ2) is 5.23. The van der Waals surface area contributed by atoms with Crippen molar-refractivity contribution in [2.24, 2.45) is 0 Å². The third-order valence-corrected chi connectivity index (χ3v) is 4.65. The minimum Gasteiger partial charge on any atom is -0.459 e. The van der Waals surface area contributed by atoms with Crippen molar-refractivity contribution in [3.05, 3.63) is 36.1 Å². The third-order valence-electron chi connectivity index (χ3n) is 4.65. The van der Waals surface area contributed by atoms with E-state index in [1.54, 1.807) is 0 Å². The maximum atomic E-state index is 6.08. The van der Waals surface area contributed by atoms with E-state index in [0.717, 1.165) is 11.3 Å². The largest absolute Gasteiger partial charge is 0.459 e. The van der Waals surface area contributed by atoms with Crippen LogP contribution in [0.15, 0.2) is 34.7 Å². The summed E-state index contributed by atoms with van der Waals surface area (Å²) in [7, 11) is 2.02. The standard InChI is InChI=1S/C17H24N2O/c1-17(2,19-10-6-7-11-19)16(18-3)15-12-13-8-4-5-9-14(13)20-15/h4-5,8-9,12,16,18H,6-7,10-11H2,1-3H3. The molecule has 108 valence electrons. The number of nitrogens with one attached hydrogen (secondary N) is 1. The van der Waals surface area contributed by atoms with E-state index in [-0.39, 0.29) is 11.6 Å². The van der Waals surface area contributed by atoms with Crippen LogP contribution in [0.1, 0.15) is 38.5 Å². The van der Waals surface area contributed by atoms with Crippen molar-refractivity contribution < 1.29 is 4.42 Å². The monoisotopic (exact) mass is 272 g/mol. The number of furan rings is 1. The Morgan fingerprint density at radius 2 is 1.90 bits per heavy atom. The third kappa shape index (κ3) is 2.25. The number of para-hydroxylation sites is 1. The van der Waals surface area contributed by atoms with Crippen LogP contribution < -0.4 is 5.32 Å². The van der Waals surface area contributed by atoms with Gasteiger partial charge in [0.2, 0.25) is 0 Å². The van der Waals surface area contributed by atoms with Crippen molar-refractivity contribution in [2.45, 2.75) is 38.3 Å². The van der Waals surface area contributed by atoms with Crippen LogP contribution in [0.2, 0.25) is 0 Å². The first-order chi connectivity index (χ1) is 9.63. The van der Waals surface area contributed by atoms with Crippen molar-refractivity contribution in [3.8, 4) is 0 Å². The summed E-state index contributed by atoms with van der Waals surface area (Å²) >= 11 is 0. The molecule has 2 aromatic rings. The number of likely N-dealkylation sites (tertiary alicyclic amines) is 1. The van der Waals surface area contributed by atoms with Crippen molar-refractivity contribution in [1.29, 1.82) is 0 Å². The van der Waals surface area contributed by atoms with Gasteiger partial charge in [0, 0.05) is 10.9 Å². The second-order valence-corrected chi connectivity index (χ2v) is 6.26. The summed E-state index contributed by atoms with van der Waals surface area (Å²) in [5.41, 5.74) is 1.03. The summed E-state index contributed by atoms with van der Waals surface area (Å²) in [6, 6.07) is 10.6. The Labute approximate surface area is 120 Å². The SMILES string of the molecule is CNC(c1cc2ccccc2o1)C(C)(C)N1CCCC1. The highest BCUT2D eigenvalue weighted by Gasteiger charge is 2.38. The molecule has 1 aliphatic heterocycles. The average Bonchev–Trinajstić information content (AvgIpc) is 3.08. The van der Waals surface area contributed by atoms with Gasteiger partial charge in [-0.2, -0.15) is 0 Å². The summed E-state index contributed by atoms with van der Waals surface area (Å²) in [4.78, 5) is 2.57. The lowest BCUT2D eigenvalue weighted by atomic mass is 9.90. The maximum absolute atomic E-state index is 6.08. The number of hydrogen-bond acceptors (Lipinski definition) is 3. The molecule has 0 bridgehead atoms. The van der Waals surface area contributed by atoms with E-state index < -0.39 is 0 Å². The predicted octanol–water partition coefficient (Wildman–Crippen LogP) is 3.57. The van der Waals surface area contributed by atoms with Crippen LogP contribution in [-0.2, 0) is 0 Å². The molecule has 1 aromatic carbocycles. The van der Waals surface area contributed by atoms with Gasteiger partial charge in [-0.25, -0.2) is 0 Å². The van der Waals surface area contributed by atoms with Crippen molar-refractivity contribution in [1.82, 2.24) is 10.2 Å². The minimum absolute atomic E-state index is 0.0547. The Morgan fingerprint density at radius 1 is 1.20 bits per heavy atom. The van der Waals surface area contributed by atoms with E-state index in [4.69, 9.17) is 4.42 Å². The molecule has 1 unspecified atom stereocenters. The van der Waals surface area contributed by atoms with Gasteiger partial charge in [-0.1, -0.05) is 18.2 Å². The highest BCUT2D eigenvalue weighted by molar-refractivity contribution is 5.77. The Hall–Kier alpha value is -1.32. The number of nitrogens with zero attached hydrogens (tertiary/aromatic N) is 1. The summed E-state index contributed by atoms with van der Waals surface area (Å²) in [5, 5.41) is 4.64. The Balaban J connectivity index is 1.95. The fourth-order valence-electron chi connectivity index (χ4n) is 3.46. The molecule has 1 fully saturated rings. The molecule has 3 nitrogen and oxygen atoms in total. The van der Waals surface area contributed by atoms with Gasteiger partial charge in [-0.05, 0) is 59.0 Å². The lowest BCUT2D eigenvalue weighted by molar-refractivity contribution is 0.101. The van der Waals surface area contributed by atoms with E-state index in [1.807, 2.05) is 19.2 Å². The Kier molecular flexibility index (Phi) is 3.57. The highest BCUT2D eigenvalue weighted by Crippen LogP contribution is 2.35. The van der Waals surface area contributed by atoms with Gasteiger partial charge in [-0.15, -0.1) is 0 Å². The van der Waals surface area contributed by atoms with E-state index in [2.05, 4.69) is 42.3 Å². The quantitative estimate of drug-likeness (QED) is 0.922. The molecule has 0 aliphatic carbocycles. The molecule has 1 N–H and O–H groups in total. The summed E-state index contributed by atoms with van der Waals surface area (Å²) in [6.45, 7) is 7.00. The van der Waals surface area contributed by atoms with Gasteiger partial charge in [0.25, 0.3) is 0 Å². The maximum Gasteiger partial charge on any atom is 0.134 e. The zero-order chi connectivity index (χ0) is 14.2. The zero-order valence-corrected chi connectivity index (χ0v) is 12.6. The van der Waals surface area contributed by atoms with Gasteiger partial charge >= 0.3 is 0 Å². The van der Waals surface area contributed by atoms with Crippen LogP contribution in [0, 0.1) is 0 Å². The number of fused-ring (bicyclic) bond motifs is 1. The van der Waals surface area contributed by atoms with Crippen LogP contribution >= 0.6 is 0 Å². The number of hydrogen-bond donors (Lipinski definition) is 1. The predicted molar refractivity (Wildman–Crippen MR) is 82.9 cm³/mol. The molecule has 3 heteroatoms. The molecule has 1 atom stereocenters. The Morgan fingerprint density at radius 3 is 2.55 bits per heavy atom. The van der Waals surface area contributed by atoms with E-state index in [1.165, 1.54) is 31.3 Å². The highest BCUT2D eigenvalue weighted by atomic mass is 16.3. The Bertz CT molecular complexity index is 548. The van der Waals surface area contributed by atoms with Gasteiger partial charge < -0.3 is 9.73 Å². The first kappa shape index (κ1) is 13.7. The molecular weight excluding hydrogens is 248 g/mol. The van der Waals surface area contributed by atoms with Crippen molar-refractivity contribution in [3.63, 3.8) is 0 Å². The molecule has 0 spiro atoms. The summed E-state index contributed by atoms with van der Waals surface area (Å²) < 4.78 is 6.08. The van der Waals surface area contributed by atoms with Crippen LogP contribution in [0.4, 0.5) is 0 Å². The summed E-state index contributed by atoms with van der Waals surface area (Å²) in [5.74, 6) is 1.03. The molecule has 20 heavy (non-hydrogen) atoms. The molecular formula is C17H24N2O. The summed E-state index contributed by atoms with van der Waals surface area (Å²) in [6.07, 6.45) is 2.61. The number of rotatable bonds is 4. The normalized spacial score (nSPS) is 18.8. The fourth-order valence-corrected chi connectivity index (χ4v) is 3.46. The lowest BCUT2D eigenvalue weighted by Gasteiger charge is -2.41. The molecule has 3 rings (SSSR count). The van der Waals surface area contributed by atoms with E-state index >= 15 is 0 Å². The van der Waals surface area contributed by atoms with Crippen LogP contribution in [0.3, 0.4) is 0 Å². The molecule has 0 amide bonds. The van der Waals surface area contributed by atoms with Crippen LogP contribution in [0.25, 0.3) is 11.0 Å². The number of benzene rings is 1. The lowest BCUT2D eigenvalue weighted by Crippen LogP contribution is -2.50. The smallest absolute Gasteiger partial charge is 0.134 e. The van der Waals surface area contributed by atoms with Gasteiger partial charge in [0.15, 0.2) is 0 Å².